The Morgan fingerprint density at radius 2 is 1.44 bits per heavy atom. The van der Waals surface area contributed by atoms with E-state index in [-0.39, 0.29) is 11.8 Å². The summed E-state index contributed by atoms with van der Waals surface area (Å²) in [6, 6.07) is 14.2. The van der Waals surface area contributed by atoms with Gasteiger partial charge in [-0.1, -0.05) is 30.8 Å². The lowest BCUT2D eigenvalue weighted by atomic mass is 10.1. The van der Waals surface area contributed by atoms with Crippen LogP contribution in [0, 0.1) is 5.82 Å². The van der Waals surface area contributed by atoms with Gasteiger partial charge >= 0.3 is 5.97 Å². The normalized spacial score (nSPS) is 10.3. The number of unbranched alkanes of at least 4 members (excludes halogenated alkanes) is 3. The fraction of sp³-hybridized carbons (Fsp3) is 0.286. The van der Waals surface area contributed by atoms with Gasteiger partial charge in [-0.2, -0.15) is 0 Å². The second kappa shape index (κ2) is 10.3. The highest BCUT2D eigenvalue weighted by Gasteiger charge is 2.00. The molecule has 0 heterocycles. The van der Waals surface area contributed by atoms with Gasteiger partial charge in [0.15, 0.2) is 0 Å². The zero-order valence-corrected chi connectivity index (χ0v) is 14.2. The van der Waals surface area contributed by atoms with E-state index < -0.39 is 0 Å². The number of hydrogen-bond acceptors (Lipinski definition) is 3. The molecule has 0 atom stereocenters. The van der Waals surface area contributed by atoms with Gasteiger partial charge in [0.2, 0.25) is 0 Å². The molecule has 0 saturated heterocycles. The Balaban J connectivity index is 1.62. The zero-order valence-electron chi connectivity index (χ0n) is 14.2. The average Bonchev–Trinajstić information content (AvgIpc) is 2.65. The van der Waals surface area contributed by atoms with E-state index in [0.717, 1.165) is 42.6 Å². The van der Waals surface area contributed by atoms with Gasteiger partial charge in [0.05, 0.1) is 13.2 Å². The van der Waals surface area contributed by atoms with E-state index >= 15 is 0 Å². The minimum Gasteiger partial charge on any atom is -0.494 e. The summed E-state index contributed by atoms with van der Waals surface area (Å²) in [5.41, 5.74) is 2.01. The first-order valence-electron chi connectivity index (χ1n) is 8.47. The van der Waals surface area contributed by atoms with Crippen LogP contribution in [0.2, 0.25) is 0 Å². The van der Waals surface area contributed by atoms with Gasteiger partial charge in [0.25, 0.3) is 0 Å². The lowest BCUT2D eigenvalue weighted by Crippen LogP contribution is -2.02. The van der Waals surface area contributed by atoms with Crippen molar-refractivity contribution in [1.82, 2.24) is 0 Å². The minimum absolute atomic E-state index is 0.234. The zero-order chi connectivity index (χ0) is 17.9. The van der Waals surface area contributed by atoms with E-state index in [1.54, 1.807) is 12.1 Å². The summed E-state index contributed by atoms with van der Waals surface area (Å²) in [5.74, 6) is 0.223. The summed E-state index contributed by atoms with van der Waals surface area (Å²) in [4.78, 5) is 10.9. The fourth-order valence-electron chi connectivity index (χ4n) is 2.37. The van der Waals surface area contributed by atoms with E-state index in [2.05, 4.69) is 6.58 Å². The molecule has 0 N–H and O–H groups in total. The van der Waals surface area contributed by atoms with Crippen molar-refractivity contribution >= 4 is 5.97 Å². The van der Waals surface area contributed by atoms with Crippen molar-refractivity contribution in [2.45, 2.75) is 25.7 Å². The maximum Gasteiger partial charge on any atom is 0.330 e. The Morgan fingerprint density at radius 1 is 0.880 bits per heavy atom. The SMILES string of the molecule is C=CC(=O)OCCCCCCOc1ccc(-c2ccc(F)cc2)cc1. The summed E-state index contributed by atoms with van der Waals surface area (Å²) in [6.45, 7) is 4.44. The third-order valence-corrected chi connectivity index (χ3v) is 3.75. The second-order valence-electron chi connectivity index (χ2n) is 5.67. The molecule has 4 heteroatoms. The van der Waals surface area contributed by atoms with Crippen LogP contribution in [-0.2, 0) is 9.53 Å². The Bertz CT molecular complexity index is 663. The summed E-state index contributed by atoms with van der Waals surface area (Å²) in [7, 11) is 0. The largest absolute Gasteiger partial charge is 0.494 e. The molecule has 3 nitrogen and oxygen atoms in total. The maximum absolute atomic E-state index is 12.9. The van der Waals surface area contributed by atoms with Crippen LogP contribution in [0.1, 0.15) is 25.7 Å². The predicted molar refractivity (Wildman–Crippen MR) is 97.0 cm³/mol. The summed E-state index contributed by atoms with van der Waals surface area (Å²) < 4.78 is 23.6. The molecule has 0 saturated carbocycles. The Kier molecular flexibility index (Phi) is 7.70. The number of rotatable bonds is 10. The monoisotopic (exact) mass is 342 g/mol. The van der Waals surface area contributed by atoms with Gasteiger partial charge in [-0.3, -0.25) is 0 Å². The van der Waals surface area contributed by atoms with Gasteiger partial charge in [0.1, 0.15) is 11.6 Å². The standard InChI is InChI=1S/C21H23FO3/c1-2-21(23)25-16-6-4-3-5-15-24-20-13-9-18(10-14-20)17-7-11-19(22)12-8-17/h2,7-14H,1,3-6,15-16H2. The molecule has 0 unspecified atom stereocenters. The smallest absolute Gasteiger partial charge is 0.330 e. The van der Waals surface area contributed by atoms with Crippen molar-refractivity contribution in [3.63, 3.8) is 0 Å². The molecule has 0 aliphatic rings. The fourth-order valence-corrected chi connectivity index (χ4v) is 2.37. The molecule has 0 aliphatic heterocycles. The van der Waals surface area contributed by atoms with Crippen LogP contribution in [0.25, 0.3) is 11.1 Å². The van der Waals surface area contributed by atoms with E-state index in [0.29, 0.717) is 13.2 Å². The van der Waals surface area contributed by atoms with Crippen LogP contribution >= 0.6 is 0 Å². The van der Waals surface area contributed by atoms with Crippen LogP contribution in [-0.4, -0.2) is 19.2 Å². The van der Waals surface area contributed by atoms with E-state index in [9.17, 15) is 9.18 Å². The number of esters is 1. The topological polar surface area (TPSA) is 35.5 Å². The van der Waals surface area contributed by atoms with Crippen molar-refractivity contribution in [1.29, 1.82) is 0 Å². The highest BCUT2D eigenvalue weighted by Crippen LogP contribution is 2.22. The molecule has 0 spiro atoms. The first kappa shape index (κ1) is 18.7. The Hall–Kier alpha value is -2.62. The maximum atomic E-state index is 12.9. The highest BCUT2D eigenvalue weighted by atomic mass is 19.1. The van der Waals surface area contributed by atoms with Gasteiger partial charge in [-0.25, -0.2) is 9.18 Å². The lowest BCUT2D eigenvalue weighted by Gasteiger charge is -2.08. The molecule has 132 valence electrons. The number of halogens is 1. The van der Waals surface area contributed by atoms with Crippen molar-refractivity contribution in [2.24, 2.45) is 0 Å². The van der Waals surface area contributed by atoms with Crippen molar-refractivity contribution in [2.75, 3.05) is 13.2 Å². The van der Waals surface area contributed by atoms with Gasteiger partial charge in [-0.15, -0.1) is 0 Å². The van der Waals surface area contributed by atoms with Crippen LogP contribution in [0.4, 0.5) is 4.39 Å². The number of benzene rings is 2. The van der Waals surface area contributed by atoms with Crippen LogP contribution in [0.5, 0.6) is 5.75 Å². The highest BCUT2D eigenvalue weighted by molar-refractivity contribution is 5.81. The number of hydrogen-bond donors (Lipinski definition) is 0. The molecule has 2 rings (SSSR count). The molecular formula is C21H23FO3. The summed E-state index contributed by atoms with van der Waals surface area (Å²) in [6.07, 6.45) is 5.01. The van der Waals surface area contributed by atoms with Crippen LogP contribution in [0.3, 0.4) is 0 Å². The van der Waals surface area contributed by atoms with Gasteiger partial charge in [-0.05, 0) is 61.1 Å². The quantitative estimate of drug-likeness (QED) is 0.340. The predicted octanol–water partition coefficient (Wildman–Crippen LogP) is 5.16. The molecule has 0 aliphatic carbocycles. The number of carbonyl (C=O) groups is 1. The van der Waals surface area contributed by atoms with E-state index in [4.69, 9.17) is 9.47 Å². The molecule has 0 radical (unpaired) electrons. The Morgan fingerprint density at radius 3 is 2.04 bits per heavy atom. The molecule has 2 aromatic carbocycles. The first-order chi connectivity index (χ1) is 12.2. The van der Waals surface area contributed by atoms with Crippen molar-refractivity contribution in [3.8, 4) is 16.9 Å². The number of ether oxygens (including phenoxy) is 2. The number of carbonyl (C=O) groups excluding carboxylic acids is 1. The minimum atomic E-state index is -0.368. The van der Waals surface area contributed by atoms with E-state index in [1.165, 1.54) is 18.2 Å². The second-order valence-corrected chi connectivity index (χ2v) is 5.67. The summed E-state index contributed by atoms with van der Waals surface area (Å²) >= 11 is 0. The molecule has 0 amide bonds. The molecule has 25 heavy (non-hydrogen) atoms. The van der Waals surface area contributed by atoms with E-state index in [1.807, 2.05) is 24.3 Å². The van der Waals surface area contributed by atoms with Crippen LogP contribution in [0.15, 0.2) is 61.2 Å². The van der Waals surface area contributed by atoms with Gasteiger partial charge < -0.3 is 9.47 Å². The third kappa shape index (κ3) is 6.79. The first-order valence-corrected chi connectivity index (χ1v) is 8.47. The molecule has 0 fully saturated rings. The van der Waals surface area contributed by atoms with Crippen molar-refractivity contribution in [3.05, 3.63) is 67.0 Å². The average molecular weight is 342 g/mol. The molecular weight excluding hydrogens is 319 g/mol. The van der Waals surface area contributed by atoms with Crippen LogP contribution < -0.4 is 4.74 Å². The molecule has 0 aromatic heterocycles. The lowest BCUT2D eigenvalue weighted by molar-refractivity contribution is -0.137. The summed E-state index contributed by atoms with van der Waals surface area (Å²) in [5, 5.41) is 0. The third-order valence-electron chi connectivity index (χ3n) is 3.75. The van der Waals surface area contributed by atoms with Crippen molar-refractivity contribution < 1.29 is 18.7 Å². The molecule has 2 aromatic rings. The van der Waals surface area contributed by atoms with Gasteiger partial charge in [0, 0.05) is 6.08 Å². The Labute approximate surface area is 148 Å². The molecule has 0 bridgehead atoms.